The first-order valence-corrected chi connectivity index (χ1v) is 15.4. The quantitative estimate of drug-likeness (QED) is 0.325. The number of alkyl carbamates (subject to hydrolysis) is 1. The van der Waals surface area contributed by atoms with E-state index in [0.29, 0.717) is 11.1 Å². The molecule has 1 amide bonds. The van der Waals surface area contributed by atoms with Gasteiger partial charge in [-0.1, -0.05) is 85.7 Å². The van der Waals surface area contributed by atoms with Crippen molar-refractivity contribution in [2.75, 3.05) is 6.61 Å². The van der Waals surface area contributed by atoms with Crippen LogP contribution in [0.2, 0.25) is 19.6 Å². The Labute approximate surface area is 211 Å². The third-order valence-corrected chi connectivity index (χ3v) is 7.13. The lowest BCUT2D eigenvalue weighted by Gasteiger charge is -2.21. The number of hydrogen-bond donors (Lipinski definition) is 1. The fraction of sp³-hybridized carbons (Fsp3) is 0.250. The van der Waals surface area contributed by atoms with Gasteiger partial charge in [0.05, 0.1) is 0 Å². The third-order valence-electron chi connectivity index (χ3n) is 6.26. The number of halogens is 3. The van der Waals surface area contributed by atoms with Gasteiger partial charge < -0.3 is 23.0 Å². The molecule has 8 heteroatoms. The smallest absolute Gasteiger partial charge is 0.449 e. The number of rotatable bonds is 5. The molecule has 1 N–H and O–H groups in total. The van der Waals surface area contributed by atoms with Crippen LogP contribution in [-0.2, 0) is 11.3 Å². The zero-order valence-corrected chi connectivity index (χ0v) is 21.8. The van der Waals surface area contributed by atoms with E-state index in [2.05, 4.69) is 28.9 Å². The van der Waals surface area contributed by atoms with Gasteiger partial charge in [-0.15, -0.1) is 11.0 Å². The summed E-state index contributed by atoms with van der Waals surface area (Å²) in [7, 11) is -1.77. The largest absolute Gasteiger partial charge is 0.509 e. The molecule has 0 radical (unpaired) electrons. The van der Waals surface area contributed by atoms with Crippen LogP contribution in [0.25, 0.3) is 11.1 Å². The van der Waals surface area contributed by atoms with Gasteiger partial charge in [-0.05, 0) is 40.8 Å². The minimum atomic E-state index is -5.22. The van der Waals surface area contributed by atoms with Crippen LogP contribution in [0.4, 0.5) is 17.7 Å². The van der Waals surface area contributed by atoms with Gasteiger partial charge in [0, 0.05) is 18.0 Å². The van der Waals surface area contributed by atoms with E-state index < -0.39 is 26.6 Å². The van der Waals surface area contributed by atoms with Crippen molar-refractivity contribution >= 4 is 26.6 Å². The summed E-state index contributed by atoms with van der Waals surface area (Å²) in [4.78, 5) is 12.6. The molecule has 1 aliphatic rings. The van der Waals surface area contributed by atoms with Crippen LogP contribution in [0.5, 0.6) is 0 Å². The van der Waals surface area contributed by atoms with Crippen LogP contribution in [0.15, 0.2) is 60.7 Å². The Hall–Kier alpha value is -3.44. The van der Waals surface area contributed by atoms with Crippen molar-refractivity contribution in [3.8, 4) is 22.6 Å². The highest BCUT2D eigenvalue weighted by atomic mass is 28.3. The van der Waals surface area contributed by atoms with Gasteiger partial charge in [-0.25, -0.2) is 4.79 Å². The molecule has 0 unspecified atom stereocenters. The lowest BCUT2D eigenvalue weighted by atomic mass is 9.75. The molecular weight excluding hydrogens is 478 g/mol. The standard InChI is InChI=1S/C28H28BF3NO2Si/c1-19-21(15-20(13-14-36(2,3)4)16-27(19)29(30,31)32)17-33-28(34)35-18-26-24-11-7-5-9-22(24)23-10-6-8-12-25(23)26/h5-12,15-16,26H,17-18H2,1-4H3,(H,33,34)/q-1. The summed E-state index contributed by atoms with van der Waals surface area (Å²) < 4.78 is 46.7. The highest BCUT2D eigenvalue weighted by Gasteiger charge is 2.30. The number of carbonyl (C=O) groups excluding carboxylic acids is 1. The number of hydrogen-bond acceptors (Lipinski definition) is 2. The summed E-state index contributed by atoms with van der Waals surface area (Å²) in [5.74, 6) is 2.82. The molecule has 0 spiro atoms. The van der Waals surface area contributed by atoms with Crippen LogP contribution in [-0.4, -0.2) is 27.8 Å². The molecule has 3 aromatic carbocycles. The highest BCUT2D eigenvalue weighted by Crippen LogP contribution is 2.44. The summed E-state index contributed by atoms with van der Waals surface area (Å²) in [6, 6.07) is 18.8. The van der Waals surface area contributed by atoms with Gasteiger partial charge in [0.1, 0.15) is 14.7 Å². The molecule has 1 aliphatic carbocycles. The fourth-order valence-electron chi connectivity index (χ4n) is 4.47. The zero-order valence-electron chi connectivity index (χ0n) is 20.8. The minimum absolute atomic E-state index is 0.0792. The Balaban J connectivity index is 1.49. The average molecular weight is 506 g/mol. The van der Waals surface area contributed by atoms with E-state index in [-0.39, 0.29) is 24.6 Å². The molecule has 186 valence electrons. The summed E-state index contributed by atoms with van der Waals surface area (Å²) in [6.07, 6.45) is -0.672. The maximum atomic E-state index is 13.7. The van der Waals surface area contributed by atoms with E-state index in [1.165, 1.54) is 6.92 Å². The molecule has 0 heterocycles. The second-order valence-electron chi connectivity index (χ2n) is 10.1. The van der Waals surface area contributed by atoms with Crippen LogP contribution in [0, 0.1) is 18.4 Å². The SMILES string of the molecule is Cc1c(CNC(=O)OCC2c3ccccc3-c3ccccc32)cc(C#C[Si](C)(C)C)cc1[B-](F)(F)F. The molecule has 36 heavy (non-hydrogen) atoms. The molecule has 3 aromatic rings. The molecule has 4 rings (SSSR count). The first kappa shape index (κ1) is 25.6. The maximum absolute atomic E-state index is 13.7. The molecule has 0 saturated carbocycles. The van der Waals surface area contributed by atoms with Crippen molar-refractivity contribution < 1.29 is 22.5 Å². The van der Waals surface area contributed by atoms with E-state index in [4.69, 9.17) is 4.74 Å². The van der Waals surface area contributed by atoms with Crippen molar-refractivity contribution in [3.05, 3.63) is 88.5 Å². The topological polar surface area (TPSA) is 38.3 Å². The van der Waals surface area contributed by atoms with Gasteiger partial charge in [-0.2, -0.15) is 0 Å². The normalized spacial score (nSPS) is 12.9. The number of benzene rings is 3. The average Bonchev–Trinajstić information content (AvgIpc) is 3.13. The second-order valence-corrected chi connectivity index (χ2v) is 14.9. The molecule has 0 saturated heterocycles. The predicted octanol–water partition coefficient (Wildman–Crippen LogP) is 6.32. The Kier molecular flexibility index (Phi) is 7.06. The van der Waals surface area contributed by atoms with Gasteiger partial charge in [0.2, 0.25) is 0 Å². The van der Waals surface area contributed by atoms with Crippen LogP contribution in [0.1, 0.15) is 33.7 Å². The van der Waals surface area contributed by atoms with Crippen molar-refractivity contribution in [3.63, 3.8) is 0 Å². The molecule has 0 aliphatic heterocycles. The zero-order chi connectivity index (χ0) is 26.1. The summed E-state index contributed by atoms with van der Waals surface area (Å²) in [6.45, 7) is 2.36. The minimum Gasteiger partial charge on any atom is -0.449 e. The Morgan fingerprint density at radius 3 is 2.14 bits per heavy atom. The van der Waals surface area contributed by atoms with Crippen molar-refractivity contribution in [2.45, 2.75) is 39.0 Å². The van der Waals surface area contributed by atoms with E-state index in [1.54, 1.807) is 6.07 Å². The second kappa shape index (κ2) is 9.90. The first-order valence-electron chi connectivity index (χ1n) is 11.9. The van der Waals surface area contributed by atoms with Crippen LogP contribution < -0.4 is 10.8 Å². The molecule has 0 atom stereocenters. The monoisotopic (exact) mass is 506 g/mol. The number of fused-ring (bicyclic) bond motifs is 3. The van der Waals surface area contributed by atoms with E-state index in [0.717, 1.165) is 28.3 Å². The van der Waals surface area contributed by atoms with E-state index in [9.17, 15) is 17.7 Å². The summed E-state index contributed by atoms with van der Waals surface area (Å²) in [5, 5.41) is 2.63. The Morgan fingerprint density at radius 2 is 1.58 bits per heavy atom. The van der Waals surface area contributed by atoms with E-state index in [1.807, 2.05) is 56.0 Å². The summed E-state index contributed by atoms with van der Waals surface area (Å²) >= 11 is 0. The van der Waals surface area contributed by atoms with E-state index >= 15 is 0 Å². The van der Waals surface area contributed by atoms with Gasteiger partial charge in [0.15, 0.2) is 0 Å². The number of nitrogens with one attached hydrogen (secondary N) is 1. The first-order chi connectivity index (χ1) is 16.9. The van der Waals surface area contributed by atoms with Crippen LogP contribution in [0.3, 0.4) is 0 Å². The van der Waals surface area contributed by atoms with Crippen molar-refractivity contribution in [1.29, 1.82) is 0 Å². The lowest BCUT2D eigenvalue weighted by molar-refractivity contribution is 0.142. The van der Waals surface area contributed by atoms with Gasteiger partial charge in [0.25, 0.3) is 0 Å². The number of ether oxygens (including phenoxy) is 1. The summed E-state index contributed by atoms with van der Waals surface area (Å²) in [5.41, 5.74) is 7.64. The lowest BCUT2D eigenvalue weighted by Crippen LogP contribution is -2.37. The number of amides is 1. The van der Waals surface area contributed by atoms with Gasteiger partial charge >= 0.3 is 13.1 Å². The number of carbonyl (C=O) groups is 1. The molecule has 0 aromatic heterocycles. The molecule has 3 nitrogen and oxygen atoms in total. The van der Waals surface area contributed by atoms with Crippen LogP contribution >= 0.6 is 0 Å². The highest BCUT2D eigenvalue weighted by molar-refractivity contribution is 6.83. The predicted molar refractivity (Wildman–Crippen MR) is 142 cm³/mol. The molecule has 0 fully saturated rings. The Morgan fingerprint density at radius 1 is 1.00 bits per heavy atom. The fourth-order valence-corrected chi connectivity index (χ4v) is 4.99. The van der Waals surface area contributed by atoms with Crippen molar-refractivity contribution in [1.82, 2.24) is 5.32 Å². The molecular formula is C28H28BF3NO2Si-. The van der Waals surface area contributed by atoms with Gasteiger partial charge in [-0.3, -0.25) is 0 Å². The molecule has 0 bridgehead atoms. The third kappa shape index (κ3) is 5.68. The maximum Gasteiger partial charge on any atom is 0.509 e. The van der Waals surface area contributed by atoms with Crippen molar-refractivity contribution in [2.24, 2.45) is 0 Å². The Bertz CT molecular complexity index is 1320.